The third-order valence-electron chi connectivity index (χ3n) is 4.18. The number of nitrogens with zero attached hydrogens (tertiary/aromatic N) is 1. The molecule has 0 bridgehead atoms. The number of hydrogen-bond donors (Lipinski definition) is 2. The van der Waals surface area contributed by atoms with Gasteiger partial charge in [0.1, 0.15) is 18.1 Å². The Kier molecular flexibility index (Phi) is 3.28. The minimum absolute atomic E-state index is 0.0746. The van der Waals surface area contributed by atoms with Crippen molar-refractivity contribution >= 4 is 27.9 Å². The Morgan fingerprint density at radius 1 is 1.25 bits per heavy atom. The van der Waals surface area contributed by atoms with Gasteiger partial charge in [-0.1, -0.05) is 22.0 Å². The van der Waals surface area contributed by atoms with Gasteiger partial charge in [0.25, 0.3) is 6.02 Å². The number of ether oxygens (including phenoxy) is 2. The second-order valence-electron chi connectivity index (χ2n) is 5.74. The van der Waals surface area contributed by atoms with Crippen LogP contribution in [0.5, 0.6) is 11.5 Å². The van der Waals surface area contributed by atoms with Crippen LogP contribution < -0.4 is 10.5 Å². The molecule has 0 fully saturated rings. The number of carboxylic acid groups (broad SMARTS) is 1. The molecule has 0 unspecified atom stereocenters. The van der Waals surface area contributed by atoms with E-state index in [-0.39, 0.29) is 19.0 Å². The molecule has 122 valence electrons. The van der Waals surface area contributed by atoms with E-state index < -0.39 is 11.5 Å². The lowest BCUT2D eigenvalue weighted by molar-refractivity contribution is -0.136. The Balaban J connectivity index is 1.95. The maximum absolute atomic E-state index is 11.0. The average molecular weight is 389 g/mol. The zero-order chi connectivity index (χ0) is 16.9. The number of amidine groups is 1. The van der Waals surface area contributed by atoms with E-state index >= 15 is 0 Å². The van der Waals surface area contributed by atoms with Gasteiger partial charge in [0, 0.05) is 15.6 Å². The summed E-state index contributed by atoms with van der Waals surface area (Å²) in [5, 5.41) is 9.05. The van der Waals surface area contributed by atoms with Crippen LogP contribution in [0.4, 0.5) is 0 Å². The van der Waals surface area contributed by atoms with Gasteiger partial charge in [-0.2, -0.15) is 0 Å². The van der Waals surface area contributed by atoms with Crippen molar-refractivity contribution in [3.63, 3.8) is 0 Å². The molecule has 0 amide bonds. The molecule has 0 saturated heterocycles. The zero-order valence-electron chi connectivity index (χ0n) is 12.5. The van der Waals surface area contributed by atoms with Gasteiger partial charge in [-0.3, -0.25) is 4.79 Å². The molecule has 2 aromatic carbocycles. The monoisotopic (exact) mass is 388 g/mol. The fourth-order valence-electron chi connectivity index (χ4n) is 3.16. The summed E-state index contributed by atoms with van der Waals surface area (Å²) in [5.74, 6) is 0.411. The predicted octanol–water partition coefficient (Wildman–Crippen LogP) is 2.77. The minimum atomic E-state index is -0.894. The second kappa shape index (κ2) is 5.24. The summed E-state index contributed by atoms with van der Waals surface area (Å²) in [4.78, 5) is 15.6. The summed E-state index contributed by atoms with van der Waals surface area (Å²) in [6.45, 7) is 0.245. The van der Waals surface area contributed by atoms with Gasteiger partial charge >= 0.3 is 5.97 Å². The maximum atomic E-state index is 11.0. The van der Waals surface area contributed by atoms with Crippen LogP contribution in [0.25, 0.3) is 0 Å². The van der Waals surface area contributed by atoms with Crippen molar-refractivity contribution in [2.75, 3.05) is 6.61 Å². The Hall–Kier alpha value is -2.54. The lowest BCUT2D eigenvalue weighted by Gasteiger charge is -2.33. The van der Waals surface area contributed by atoms with E-state index in [2.05, 4.69) is 20.9 Å². The lowest BCUT2D eigenvalue weighted by atomic mass is 9.80. The molecule has 1 atom stereocenters. The Bertz CT molecular complexity index is 896. The number of aliphatic carboxylic acids is 1. The Morgan fingerprint density at radius 2 is 1.96 bits per heavy atom. The molecule has 0 saturated carbocycles. The normalized spacial score (nSPS) is 20.6. The first kappa shape index (κ1) is 15.0. The number of hydrogen-bond acceptors (Lipinski definition) is 5. The van der Waals surface area contributed by atoms with Crippen molar-refractivity contribution in [2.24, 2.45) is 10.7 Å². The first-order valence-corrected chi connectivity index (χ1v) is 8.08. The van der Waals surface area contributed by atoms with Crippen LogP contribution in [0, 0.1) is 0 Å². The third-order valence-corrected chi connectivity index (χ3v) is 4.68. The molecule has 0 aliphatic carbocycles. The highest BCUT2D eigenvalue weighted by atomic mass is 79.9. The minimum Gasteiger partial charge on any atom is -0.481 e. The molecule has 3 N–H and O–H groups in total. The number of halogens is 1. The molecular formula is C17H13BrN2O4. The largest absolute Gasteiger partial charge is 0.481 e. The maximum Gasteiger partial charge on any atom is 0.307 e. The van der Waals surface area contributed by atoms with Gasteiger partial charge < -0.3 is 20.3 Å². The number of benzene rings is 2. The number of nitrogens with two attached hydrogens (primary N) is 1. The molecule has 2 aliphatic heterocycles. The van der Waals surface area contributed by atoms with E-state index in [9.17, 15) is 4.79 Å². The molecule has 2 aromatic rings. The van der Waals surface area contributed by atoms with Crippen molar-refractivity contribution in [1.82, 2.24) is 0 Å². The fraction of sp³-hybridized carbons (Fsp3) is 0.176. The van der Waals surface area contributed by atoms with Crippen molar-refractivity contribution < 1.29 is 19.4 Å². The lowest BCUT2D eigenvalue weighted by Crippen LogP contribution is -2.31. The Labute approximate surface area is 146 Å². The van der Waals surface area contributed by atoms with E-state index in [4.69, 9.17) is 20.3 Å². The molecule has 0 radical (unpaired) electrons. The van der Waals surface area contributed by atoms with Gasteiger partial charge in [-0.05, 0) is 35.9 Å². The highest BCUT2D eigenvalue weighted by molar-refractivity contribution is 9.10. The van der Waals surface area contributed by atoms with E-state index in [1.807, 2.05) is 18.2 Å². The summed E-state index contributed by atoms with van der Waals surface area (Å²) in [5.41, 5.74) is 7.22. The smallest absolute Gasteiger partial charge is 0.307 e. The molecule has 24 heavy (non-hydrogen) atoms. The van der Waals surface area contributed by atoms with Gasteiger partial charge in [-0.25, -0.2) is 4.99 Å². The predicted molar refractivity (Wildman–Crippen MR) is 90.4 cm³/mol. The van der Waals surface area contributed by atoms with E-state index in [0.717, 1.165) is 15.6 Å². The standard InChI is InChI=1S/C17H13BrN2O4/c18-10-2-4-14-12(7-10)17(8-23-16(19)20-17)11-5-9(6-15(21)22)1-3-13(11)24-14/h1-5,7H,6,8H2,(H2,19,20)(H,21,22)/t17-/m1/s1. The molecule has 4 rings (SSSR count). The summed E-state index contributed by atoms with van der Waals surface area (Å²) >= 11 is 3.47. The van der Waals surface area contributed by atoms with Gasteiger partial charge in [0.15, 0.2) is 5.54 Å². The van der Waals surface area contributed by atoms with Gasteiger partial charge in [0.2, 0.25) is 0 Å². The molecule has 0 aromatic heterocycles. The van der Waals surface area contributed by atoms with Crippen molar-refractivity contribution in [1.29, 1.82) is 0 Å². The quantitative estimate of drug-likeness (QED) is 0.824. The second-order valence-corrected chi connectivity index (χ2v) is 6.66. The number of aliphatic imine (C=N–C) groups is 1. The van der Waals surface area contributed by atoms with Crippen LogP contribution >= 0.6 is 15.9 Å². The van der Waals surface area contributed by atoms with Crippen LogP contribution in [0.3, 0.4) is 0 Å². The summed E-state index contributed by atoms with van der Waals surface area (Å²) in [7, 11) is 0. The summed E-state index contributed by atoms with van der Waals surface area (Å²) < 4.78 is 12.3. The first-order valence-electron chi connectivity index (χ1n) is 7.29. The van der Waals surface area contributed by atoms with E-state index in [1.165, 1.54) is 0 Å². The highest BCUT2D eigenvalue weighted by Gasteiger charge is 2.47. The van der Waals surface area contributed by atoms with Crippen molar-refractivity contribution in [2.45, 2.75) is 12.0 Å². The summed E-state index contributed by atoms with van der Waals surface area (Å²) in [6, 6.07) is 11.1. The molecule has 2 aliphatic rings. The third kappa shape index (κ3) is 2.24. The molecular weight excluding hydrogens is 376 g/mol. The van der Waals surface area contributed by atoms with Gasteiger partial charge in [0.05, 0.1) is 6.42 Å². The van der Waals surface area contributed by atoms with Gasteiger partial charge in [-0.15, -0.1) is 0 Å². The number of carboxylic acids is 1. The number of fused-ring (bicyclic) bond motifs is 4. The average Bonchev–Trinajstić information content (AvgIpc) is 2.92. The number of rotatable bonds is 2. The van der Waals surface area contributed by atoms with Crippen LogP contribution in [0.15, 0.2) is 45.9 Å². The number of carbonyl (C=O) groups is 1. The Morgan fingerprint density at radius 3 is 2.62 bits per heavy atom. The van der Waals surface area contributed by atoms with Crippen LogP contribution in [0.1, 0.15) is 16.7 Å². The van der Waals surface area contributed by atoms with E-state index in [1.54, 1.807) is 18.2 Å². The molecule has 2 heterocycles. The van der Waals surface area contributed by atoms with Crippen LogP contribution in [0.2, 0.25) is 0 Å². The summed E-state index contributed by atoms with van der Waals surface area (Å²) in [6.07, 6.45) is -0.0746. The zero-order valence-corrected chi connectivity index (χ0v) is 14.0. The fourth-order valence-corrected chi connectivity index (χ4v) is 3.52. The molecule has 6 nitrogen and oxygen atoms in total. The topological polar surface area (TPSA) is 94.1 Å². The first-order chi connectivity index (χ1) is 11.5. The highest BCUT2D eigenvalue weighted by Crippen LogP contribution is 2.51. The van der Waals surface area contributed by atoms with E-state index in [0.29, 0.717) is 17.1 Å². The van der Waals surface area contributed by atoms with Crippen LogP contribution in [-0.2, 0) is 21.5 Å². The van der Waals surface area contributed by atoms with Crippen molar-refractivity contribution in [3.05, 3.63) is 57.6 Å². The molecule has 1 spiro atoms. The van der Waals surface area contributed by atoms with Crippen LogP contribution in [-0.4, -0.2) is 23.7 Å². The SMILES string of the molecule is NC1=N[C@@]2(CO1)c1cc(Br)ccc1Oc1ccc(CC(=O)O)cc12. The van der Waals surface area contributed by atoms with Crippen molar-refractivity contribution in [3.8, 4) is 11.5 Å². The molecule has 7 heteroatoms.